The van der Waals surface area contributed by atoms with Gasteiger partial charge in [-0.3, -0.25) is 0 Å². The van der Waals surface area contributed by atoms with Crippen LogP contribution in [0.15, 0.2) is 18.6 Å². The third kappa shape index (κ3) is 1.43. The lowest BCUT2D eigenvalue weighted by Crippen LogP contribution is -2.26. The van der Waals surface area contributed by atoms with E-state index < -0.39 is 0 Å². The van der Waals surface area contributed by atoms with Crippen molar-refractivity contribution >= 4 is 5.82 Å². The average molecular weight is 137 g/mol. The van der Waals surface area contributed by atoms with Crippen molar-refractivity contribution in [2.75, 3.05) is 19.0 Å². The molecule has 0 atom stereocenters. The number of rotatable bonds is 1. The van der Waals surface area contributed by atoms with Crippen LogP contribution >= 0.6 is 0 Å². The Balaban J connectivity index is 2.96. The summed E-state index contributed by atoms with van der Waals surface area (Å²) >= 11 is 0. The van der Waals surface area contributed by atoms with Gasteiger partial charge in [-0.05, 0) is 0 Å². The lowest BCUT2D eigenvalue weighted by Gasteiger charge is -2.06. The minimum absolute atomic E-state index is 0.914. The van der Waals surface area contributed by atoms with Crippen molar-refractivity contribution < 1.29 is 4.57 Å². The smallest absolute Gasteiger partial charge is 0.212 e. The van der Waals surface area contributed by atoms with Crippen LogP contribution in [0.1, 0.15) is 0 Å². The van der Waals surface area contributed by atoms with Gasteiger partial charge in [0.05, 0.1) is 6.20 Å². The second kappa shape index (κ2) is 2.64. The largest absolute Gasteiger partial charge is 0.358 e. The fourth-order valence-corrected chi connectivity index (χ4v) is 0.651. The molecule has 0 unspecified atom stereocenters. The van der Waals surface area contributed by atoms with Crippen LogP contribution in [0.3, 0.4) is 0 Å². The van der Waals surface area contributed by atoms with Crippen molar-refractivity contribution in [3.05, 3.63) is 25.6 Å². The van der Waals surface area contributed by atoms with Crippen LogP contribution in [0, 0.1) is 7.05 Å². The topological polar surface area (TPSA) is 20.0 Å². The number of hydrogen-bond donors (Lipinski definition) is 0. The molecule has 0 spiro atoms. The molecular weight excluding hydrogens is 126 g/mol. The first-order valence-corrected chi connectivity index (χ1v) is 3.05. The molecule has 0 aromatic carbocycles. The molecule has 0 saturated carbocycles. The fraction of sp³-hybridized carbons (Fsp3) is 0.286. The summed E-state index contributed by atoms with van der Waals surface area (Å²) in [6, 6.07) is 0. The van der Waals surface area contributed by atoms with Crippen molar-refractivity contribution in [1.82, 2.24) is 4.98 Å². The van der Waals surface area contributed by atoms with Gasteiger partial charge in [0.15, 0.2) is 12.0 Å². The van der Waals surface area contributed by atoms with E-state index >= 15 is 0 Å². The van der Waals surface area contributed by atoms with Crippen molar-refractivity contribution in [2.24, 2.45) is 0 Å². The van der Waals surface area contributed by atoms with Crippen LogP contribution in [0.2, 0.25) is 0 Å². The van der Waals surface area contributed by atoms with Gasteiger partial charge < -0.3 is 4.90 Å². The lowest BCUT2D eigenvalue weighted by atomic mass is 10.6. The Morgan fingerprint density at radius 1 is 1.60 bits per heavy atom. The highest BCUT2D eigenvalue weighted by Gasteiger charge is 1.99. The molecule has 0 amide bonds. The molecular formula is C7H11N3+. The van der Waals surface area contributed by atoms with Crippen molar-refractivity contribution in [1.29, 1.82) is 0 Å². The Morgan fingerprint density at radius 3 is 2.70 bits per heavy atom. The third-order valence-corrected chi connectivity index (χ3v) is 1.20. The van der Waals surface area contributed by atoms with E-state index in [9.17, 15) is 0 Å². The van der Waals surface area contributed by atoms with E-state index in [0.29, 0.717) is 0 Å². The molecule has 1 aromatic rings. The molecule has 1 heterocycles. The van der Waals surface area contributed by atoms with Gasteiger partial charge in [0.2, 0.25) is 13.2 Å². The van der Waals surface area contributed by atoms with E-state index in [1.54, 1.807) is 17.0 Å². The minimum Gasteiger partial charge on any atom is -0.358 e. The summed E-state index contributed by atoms with van der Waals surface area (Å²) < 4.78 is 1.72. The highest BCUT2D eigenvalue weighted by molar-refractivity contribution is 5.30. The zero-order valence-corrected chi connectivity index (χ0v) is 6.28. The van der Waals surface area contributed by atoms with Crippen molar-refractivity contribution in [3.8, 4) is 0 Å². The van der Waals surface area contributed by atoms with E-state index in [1.807, 2.05) is 25.2 Å². The summed E-state index contributed by atoms with van der Waals surface area (Å²) in [5, 5.41) is 0. The maximum atomic E-state index is 4.10. The lowest BCUT2D eigenvalue weighted by molar-refractivity contribution is -0.612. The van der Waals surface area contributed by atoms with Gasteiger partial charge in [-0.25, -0.2) is 4.98 Å². The summed E-state index contributed by atoms with van der Waals surface area (Å²) in [6.07, 6.45) is 5.38. The third-order valence-electron chi connectivity index (χ3n) is 1.20. The van der Waals surface area contributed by atoms with E-state index in [4.69, 9.17) is 0 Å². The van der Waals surface area contributed by atoms with E-state index in [0.717, 1.165) is 5.82 Å². The van der Waals surface area contributed by atoms with E-state index in [1.165, 1.54) is 0 Å². The molecule has 0 saturated heterocycles. The first-order valence-electron chi connectivity index (χ1n) is 3.05. The van der Waals surface area contributed by atoms with Gasteiger partial charge in [0, 0.05) is 14.1 Å². The van der Waals surface area contributed by atoms with Gasteiger partial charge >= 0.3 is 0 Å². The Kier molecular flexibility index (Phi) is 1.85. The predicted molar refractivity (Wildman–Crippen MR) is 39.5 cm³/mol. The Labute approximate surface area is 60.9 Å². The van der Waals surface area contributed by atoms with Gasteiger partial charge in [-0.1, -0.05) is 0 Å². The highest BCUT2D eigenvalue weighted by atomic mass is 15.1. The standard InChI is InChI=1S/C7H11N3/c1-9(2)7-6-10(3)5-4-8-7/h4-6H,3H2,1-2H3/q+1. The average Bonchev–Trinajstić information content (AvgIpc) is 1.88. The Bertz CT molecular complexity index is 220. The second-order valence-electron chi connectivity index (χ2n) is 2.32. The zero-order valence-electron chi connectivity index (χ0n) is 6.28. The summed E-state index contributed by atoms with van der Waals surface area (Å²) in [5.74, 6) is 0.914. The molecule has 3 heteroatoms. The molecule has 1 radical (unpaired) electrons. The molecule has 53 valence electrons. The molecule has 1 rings (SSSR count). The summed E-state index contributed by atoms with van der Waals surface area (Å²) in [6.45, 7) is 0. The van der Waals surface area contributed by atoms with Gasteiger partial charge in [-0.2, -0.15) is 4.57 Å². The van der Waals surface area contributed by atoms with Crippen LogP contribution < -0.4 is 9.47 Å². The van der Waals surface area contributed by atoms with Gasteiger partial charge in [0.1, 0.15) is 0 Å². The molecule has 0 N–H and O–H groups in total. The molecule has 0 aliphatic heterocycles. The number of aromatic nitrogens is 2. The second-order valence-corrected chi connectivity index (χ2v) is 2.32. The zero-order chi connectivity index (χ0) is 7.56. The monoisotopic (exact) mass is 137 g/mol. The number of hydrogen-bond acceptors (Lipinski definition) is 2. The van der Waals surface area contributed by atoms with Crippen LogP contribution in [0.4, 0.5) is 5.82 Å². The maximum absolute atomic E-state index is 4.10. The highest BCUT2D eigenvalue weighted by Crippen LogP contribution is 1.98. The molecule has 0 aliphatic carbocycles. The Morgan fingerprint density at radius 2 is 2.30 bits per heavy atom. The minimum atomic E-state index is 0.914. The quantitative estimate of drug-likeness (QED) is 0.511. The molecule has 3 nitrogen and oxygen atoms in total. The SMILES string of the molecule is [CH2][n+]1ccnc(N(C)C)c1. The van der Waals surface area contributed by atoms with Crippen LogP contribution in [-0.4, -0.2) is 19.1 Å². The summed E-state index contributed by atoms with van der Waals surface area (Å²) in [5.41, 5.74) is 0. The molecule has 0 fully saturated rings. The summed E-state index contributed by atoms with van der Waals surface area (Å²) in [4.78, 5) is 6.04. The van der Waals surface area contributed by atoms with Crippen LogP contribution in [0.5, 0.6) is 0 Å². The van der Waals surface area contributed by atoms with E-state index in [-0.39, 0.29) is 0 Å². The van der Waals surface area contributed by atoms with Gasteiger partial charge in [0.25, 0.3) is 0 Å². The predicted octanol–water partition coefficient (Wildman–Crippen LogP) is 0.0748. The molecule has 0 bridgehead atoms. The van der Waals surface area contributed by atoms with Crippen LogP contribution in [-0.2, 0) is 0 Å². The van der Waals surface area contributed by atoms with Crippen LogP contribution in [0.25, 0.3) is 0 Å². The van der Waals surface area contributed by atoms with Crippen molar-refractivity contribution in [2.45, 2.75) is 0 Å². The summed E-state index contributed by atoms with van der Waals surface area (Å²) in [7, 11) is 7.61. The number of nitrogens with zero attached hydrogens (tertiary/aromatic N) is 3. The maximum Gasteiger partial charge on any atom is 0.212 e. The van der Waals surface area contributed by atoms with Crippen molar-refractivity contribution in [3.63, 3.8) is 0 Å². The molecule has 0 aliphatic rings. The first-order chi connectivity index (χ1) is 4.70. The normalized spacial score (nSPS) is 9.50. The Hall–Kier alpha value is -1.12. The van der Waals surface area contributed by atoms with Gasteiger partial charge in [-0.15, -0.1) is 0 Å². The molecule has 1 aromatic heterocycles. The number of anilines is 1. The van der Waals surface area contributed by atoms with E-state index in [2.05, 4.69) is 12.0 Å². The molecule has 10 heavy (non-hydrogen) atoms. The first kappa shape index (κ1) is 6.99. The fourth-order valence-electron chi connectivity index (χ4n) is 0.651.